The van der Waals surface area contributed by atoms with Crippen molar-refractivity contribution >= 4 is 17.9 Å². The van der Waals surface area contributed by atoms with Crippen LogP contribution in [0.3, 0.4) is 0 Å². The molecular weight excluding hydrogens is 268 g/mol. The molecule has 0 aliphatic rings. The third-order valence-electron chi connectivity index (χ3n) is 2.96. The molecule has 0 amide bonds. The molecule has 108 valence electrons. The maximum Gasteiger partial charge on any atom is 0.315 e. The Hall–Kier alpha value is -2.57. The van der Waals surface area contributed by atoms with Crippen molar-refractivity contribution in [1.29, 1.82) is 0 Å². The zero-order valence-electron chi connectivity index (χ0n) is 10.7. The predicted octanol–water partition coefficient (Wildman–Crippen LogP) is 0.967. The molecule has 7 heteroatoms. The van der Waals surface area contributed by atoms with Crippen molar-refractivity contribution in [1.82, 2.24) is 0 Å². The summed E-state index contributed by atoms with van der Waals surface area (Å²) >= 11 is 0. The van der Waals surface area contributed by atoms with E-state index in [0.717, 1.165) is 0 Å². The van der Waals surface area contributed by atoms with Gasteiger partial charge in [-0.2, -0.15) is 0 Å². The lowest BCUT2D eigenvalue weighted by Crippen LogP contribution is -2.40. The number of methoxy groups -OCH3 is 1. The molecule has 20 heavy (non-hydrogen) atoms. The van der Waals surface area contributed by atoms with Crippen LogP contribution in [0.4, 0.5) is 0 Å². The topological polar surface area (TPSA) is 121 Å². The second-order valence-corrected chi connectivity index (χ2v) is 4.26. The first-order valence-electron chi connectivity index (χ1n) is 5.63. The Kier molecular flexibility index (Phi) is 4.68. The minimum Gasteiger partial charge on any atom is -0.497 e. The van der Waals surface area contributed by atoms with Crippen molar-refractivity contribution in [3.63, 3.8) is 0 Å². The molecule has 0 radical (unpaired) electrons. The number of hydrogen-bond donors (Lipinski definition) is 3. The van der Waals surface area contributed by atoms with Gasteiger partial charge in [0.05, 0.1) is 20.0 Å². The summed E-state index contributed by atoms with van der Waals surface area (Å²) < 4.78 is 4.92. The van der Waals surface area contributed by atoms with Crippen LogP contribution in [0.2, 0.25) is 0 Å². The van der Waals surface area contributed by atoms with E-state index in [9.17, 15) is 19.5 Å². The Balaban J connectivity index is 3.34. The van der Waals surface area contributed by atoms with Gasteiger partial charge in [0.1, 0.15) is 11.2 Å². The molecule has 0 aromatic heterocycles. The fraction of sp³-hybridized carbons (Fsp3) is 0.308. The summed E-state index contributed by atoms with van der Waals surface area (Å²) in [5, 5.41) is 27.1. The third-order valence-corrected chi connectivity index (χ3v) is 2.96. The van der Waals surface area contributed by atoms with Crippen LogP contribution in [0, 0.1) is 0 Å². The van der Waals surface area contributed by atoms with Gasteiger partial charge < -0.3 is 20.1 Å². The summed E-state index contributed by atoms with van der Waals surface area (Å²) in [5.74, 6) is -3.81. The third kappa shape index (κ3) is 3.25. The van der Waals surface area contributed by atoms with Crippen LogP contribution in [0.15, 0.2) is 24.3 Å². The van der Waals surface area contributed by atoms with Gasteiger partial charge >= 0.3 is 17.9 Å². The van der Waals surface area contributed by atoms with Crippen LogP contribution in [0.1, 0.15) is 18.4 Å². The number of aliphatic carboxylic acids is 3. The quantitative estimate of drug-likeness (QED) is 0.681. The normalized spacial score (nSPS) is 10.8. The first-order chi connectivity index (χ1) is 9.31. The van der Waals surface area contributed by atoms with E-state index < -0.39 is 36.2 Å². The van der Waals surface area contributed by atoms with Crippen LogP contribution >= 0.6 is 0 Å². The van der Waals surface area contributed by atoms with E-state index in [4.69, 9.17) is 14.9 Å². The van der Waals surface area contributed by atoms with Gasteiger partial charge in [-0.3, -0.25) is 14.4 Å². The van der Waals surface area contributed by atoms with Crippen molar-refractivity contribution in [2.45, 2.75) is 18.3 Å². The lowest BCUT2D eigenvalue weighted by Gasteiger charge is -2.26. The van der Waals surface area contributed by atoms with Gasteiger partial charge in [0, 0.05) is 0 Å². The Morgan fingerprint density at radius 2 is 1.45 bits per heavy atom. The van der Waals surface area contributed by atoms with Crippen molar-refractivity contribution < 1.29 is 34.4 Å². The van der Waals surface area contributed by atoms with Crippen molar-refractivity contribution in [3.8, 4) is 5.75 Å². The van der Waals surface area contributed by atoms with Gasteiger partial charge in [0.25, 0.3) is 0 Å². The molecule has 0 aliphatic heterocycles. The highest BCUT2D eigenvalue weighted by molar-refractivity contribution is 5.91. The maximum atomic E-state index is 11.5. The minimum absolute atomic E-state index is 0.107. The first-order valence-corrected chi connectivity index (χ1v) is 5.63. The lowest BCUT2D eigenvalue weighted by atomic mass is 9.75. The molecule has 1 rings (SSSR count). The van der Waals surface area contributed by atoms with Crippen LogP contribution < -0.4 is 4.74 Å². The average Bonchev–Trinajstić information content (AvgIpc) is 2.36. The molecule has 0 fully saturated rings. The second kappa shape index (κ2) is 6.05. The summed E-state index contributed by atoms with van der Waals surface area (Å²) in [6.07, 6.45) is -1.64. The first kappa shape index (κ1) is 15.5. The smallest absolute Gasteiger partial charge is 0.315 e. The monoisotopic (exact) mass is 282 g/mol. The Labute approximate surface area is 114 Å². The van der Waals surface area contributed by atoms with Gasteiger partial charge in [-0.15, -0.1) is 0 Å². The summed E-state index contributed by atoms with van der Waals surface area (Å²) in [7, 11) is 1.42. The van der Waals surface area contributed by atoms with Crippen molar-refractivity contribution in [3.05, 3.63) is 29.8 Å². The van der Waals surface area contributed by atoms with E-state index in [1.807, 2.05) is 0 Å². The van der Waals surface area contributed by atoms with E-state index in [1.54, 1.807) is 0 Å². The van der Waals surface area contributed by atoms with E-state index >= 15 is 0 Å². The number of benzene rings is 1. The molecule has 0 unspecified atom stereocenters. The van der Waals surface area contributed by atoms with Crippen molar-refractivity contribution in [2.24, 2.45) is 0 Å². The number of rotatable bonds is 7. The van der Waals surface area contributed by atoms with E-state index in [1.165, 1.54) is 31.4 Å². The Morgan fingerprint density at radius 1 is 1.00 bits per heavy atom. The lowest BCUT2D eigenvalue weighted by molar-refractivity contribution is -0.154. The van der Waals surface area contributed by atoms with Crippen LogP contribution in [-0.4, -0.2) is 40.3 Å². The van der Waals surface area contributed by atoms with Gasteiger partial charge in [-0.1, -0.05) is 12.1 Å². The molecule has 0 aliphatic carbocycles. The van der Waals surface area contributed by atoms with Gasteiger partial charge in [-0.25, -0.2) is 0 Å². The molecule has 0 atom stereocenters. The molecular formula is C13H14O7. The average molecular weight is 282 g/mol. The van der Waals surface area contributed by atoms with Crippen LogP contribution in [-0.2, 0) is 19.8 Å². The van der Waals surface area contributed by atoms with Gasteiger partial charge in [-0.05, 0) is 17.7 Å². The van der Waals surface area contributed by atoms with E-state index in [0.29, 0.717) is 5.75 Å². The molecule has 0 saturated heterocycles. The standard InChI is InChI=1S/C13H14O7/c1-20-9-4-2-8(3-5-9)13(12(18)19,6-10(14)15)7-11(16)17/h2-5H,6-7H2,1H3,(H,14,15)(H,16,17)(H,18,19). The van der Waals surface area contributed by atoms with Gasteiger partial charge in [0.15, 0.2) is 0 Å². The SMILES string of the molecule is COc1ccc(C(CC(=O)O)(CC(=O)O)C(=O)O)cc1. The highest BCUT2D eigenvalue weighted by Crippen LogP contribution is 2.33. The van der Waals surface area contributed by atoms with E-state index in [-0.39, 0.29) is 5.56 Å². The van der Waals surface area contributed by atoms with Crippen LogP contribution in [0.25, 0.3) is 0 Å². The molecule has 1 aromatic carbocycles. The largest absolute Gasteiger partial charge is 0.497 e. The molecule has 0 bridgehead atoms. The summed E-state index contributed by atoms with van der Waals surface area (Å²) in [6.45, 7) is 0. The number of ether oxygens (including phenoxy) is 1. The molecule has 3 N–H and O–H groups in total. The number of hydrogen-bond acceptors (Lipinski definition) is 4. The summed E-state index contributed by atoms with van der Waals surface area (Å²) in [5.41, 5.74) is -1.90. The number of carboxylic acids is 3. The van der Waals surface area contributed by atoms with Crippen molar-refractivity contribution in [2.75, 3.05) is 7.11 Å². The predicted molar refractivity (Wildman–Crippen MR) is 66.8 cm³/mol. The van der Waals surface area contributed by atoms with Gasteiger partial charge in [0.2, 0.25) is 0 Å². The highest BCUT2D eigenvalue weighted by atomic mass is 16.5. The van der Waals surface area contributed by atoms with Crippen LogP contribution in [0.5, 0.6) is 5.75 Å². The molecule has 1 aromatic rings. The summed E-state index contributed by atoms with van der Waals surface area (Å²) in [4.78, 5) is 33.3. The van der Waals surface area contributed by atoms with E-state index in [2.05, 4.69) is 0 Å². The fourth-order valence-corrected chi connectivity index (χ4v) is 1.97. The molecule has 7 nitrogen and oxygen atoms in total. The fourth-order valence-electron chi connectivity index (χ4n) is 1.97. The Bertz CT molecular complexity index is 502. The molecule has 0 heterocycles. The zero-order valence-corrected chi connectivity index (χ0v) is 10.7. The number of carboxylic acid groups (broad SMARTS) is 3. The Morgan fingerprint density at radius 3 is 1.75 bits per heavy atom. The maximum absolute atomic E-state index is 11.5. The highest BCUT2D eigenvalue weighted by Gasteiger charge is 2.44. The minimum atomic E-state index is -2.01. The zero-order chi connectivity index (χ0) is 15.3. The molecule has 0 saturated carbocycles. The number of carbonyl (C=O) groups is 3. The molecule has 0 spiro atoms. The summed E-state index contributed by atoms with van der Waals surface area (Å²) in [6, 6.07) is 5.63. The second-order valence-electron chi connectivity index (χ2n) is 4.26.